The molecule has 2 amide bonds. The Hall–Kier alpha value is -2.78. The van der Waals surface area contributed by atoms with E-state index in [-0.39, 0.29) is 5.75 Å². The molecule has 0 fully saturated rings. The van der Waals surface area contributed by atoms with Gasteiger partial charge in [0.1, 0.15) is 23.9 Å². The van der Waals surface area contributed by atoms with Crippen LogP contribution in [-0.2, 0) is 9.59 Å². The summed E-state index contributed by atoms with van der Waals surface area (Å²) in [5, 5.41) is 1.64. The van der Waals surface area contributed by atoms with Gasteiger partial charge in [0.2, 0.25) is 0 Å². The third kappa shape index (κ3) is 2.74. The van der Waals surface area contributed by atoms with Gasteiger partial charge in [-0.05, 0) is 0 Å². The summed E-state index contributed by atoms with van der Waals surface area (Å²) in [6.07, 6.45) is -5.08. The first-order chi connectivity index (χ1) is 11.2. The summed E-state index contributed by atoms with van der Waals surface area (Å²) in [7, 11) is 1.37. The van der Waals surface area contributed by atoms with Crippen LogP contribution in [0.2, 0.25) is 0 Å². The Morgan fingerprint density at radius 3 is 2.79 bits per heavy atom. The Morgan fingerprint density at radius 1 is 1.42 bits per heavy atom. The molecular formula is C14H12F3N3O4. The van der Waals surface area contributed by atoms with Crippen LogP contribution >= 0.6 is 0 Å². The molecule has 0 saturated heterocycles. The number of anilines is 1. The number of hydrogen-bond donors (Lipinski definition) is 1. The molecule has 128 valence electrons. The molecule has 10 heteroatoms. The molecule has 2 aromatic rings. The monoisotopic (exact) mass is 343 g/mol. The molecule has 0 radical (unpaired) electrons. The number of nitrogens with one attached hydrogen (secondary N) is 1. The molecule has 1 N–H and O–H groups in total. The highest BCUT2D eigenvalue weighted by molar-refractivity contribution is 6.02. The van der Waals surface area contributed by atoms with E-state index >= 15 is 0 Å². The number of oxazole rings is 1. The molecule has 24 heavy (non-hydrogen) atoms. The van der Waals surface area contributed by atoms with E-state index in [0.717, 1.165) is 4.90 Å². The zero-order valence-corrected chi connectivity index (χ0v) is 12.6. The minimum absolute atomic E-state index is 0.260. The summed E-state index contributed by atoms with van der Waals surface area (Å²) < 4.78 is 47.9. The number of alkyl halides is 3. The van der Waals surface area contributed by atoms with Gasteiger partial charge in [0.25, 0.3) is 5.91 Å². The first kappa shape index (κ1) is 16.1. The summed E-state index contributed by atoms with van der Waals surface area (Å²) in [6.45, 7) is 1.23. The van der Waals surface area contributed by atoms with Crippen LogP contribution in [0.5, 0.6) is 5.75 Å². The third-order valence-corrected chi connectivity index (χ3v) is 3.53. The summed E-state index contributed by atoms with van der Waals surface area (Å²) in [6, 6.07) is 1.58. The predicted octanol–water partition coefficient (Wildman–Crippen LogP) is 1.54. The molecule has 1 aromatic carbocycles. The van der Waals surface area contributed by atoms with Crippen molar-refractivity contribution in [2.75, 3.05) is 18.6 Å². The second kappa shape index (κ2) is 5.39. The number of rotatable bonds is 1. The number of aryl methyl sites for hydroxylation is 1. The van der Waals surface area contributed by atoms with E-state index in [2.05, 4.69) is 4.98 Å². The minimum Gasteiger partial charge on any atom is -0.489 e. The number of carbonyl (C=O) groups excluding carboxylic acids is 2. The highest BCUT2D eigenvalue weighted by Crippen LogP contribution is 2.35. The van der Waals surface area contributed by atoms with Crippen molar-refractivity contribution in [1.82, 2.24) is 10.3 Å². The largest absolute Gasteiger partial charge is 0.489 e. The number of carbonyl (C=O) groups is 2. The van der Waals surface area contributed by atoms with Crippen LogP contribution in [0.25, 0.3) is 11.1 Å². The number of nitrogens with zero attached hydrogens (tertiary/aromatic N) is 2. The number of hydrogen-bond acceptors (Lipinski definition) is 5. The lowest BCUT2D eigenvalue weighted by Gasteiger charge is -2.20. The highest BCUT2D eigenvalue weighted by Gasteiger charge is 2.42. The molecule has 1 atom stereocenters. The summed E-state index contributed by atoms with van der Waals surface area (Å²) >= 11 is 0. The summed E-state index contributed by atoms with van der Waals surface area (Å²) in [5.41, 5.74) is 1.21. The Balaban J connectivity index is 1.92. The summed E-state index contributed by atoms with van der Waals surface area (Å²) in [5.74, 6) is -2.25. The zero-order chi connectivity index (χ0) is 17.6. The van der Waals surface area contributed by atoms with E-state index in [1.54, 1.807) is 12.2 Å². The fraction of sp³-hybridized carbons (Fsp3) is 0.357. The van der Waals surface area contributed by atoms with Crippen molar-refractivity contribution >= 4 is 28.6 Å². The van der Waals surface area contributed by atoms with Crippen molar-refractivity contribution in [3.8, 4) is 5.75 Å². The molecule has 0 aliphatic carbocycles. The molecule has 1 aliphatic rings. The van der Waals surface area contributed by atoms with Gasteiger partial charge in [-0.2, -0.15) is 13.2 Å². The van der Waals surface area contributed by atoms with E-state index < -0.39 is 30.6 Å². The number of ether oxygens (including phenoxy) is 1. The van der Waals surface area contributed by atoms with Gasteiger partial charge in [-0.1, -0.05) is 0 Å². The molecule has 3 rings (SSSR count). The third-order valence-electron chi connectivity index (χ3n) is 3.53. The van der Waals surface area contributed by atoms with E-state index in [4.69, 9.17) is 9.15 Å². The lowest BCUT2D eigenvalue weighted by molar-refractivity contribution is -0.174. The number of aromatic nitrogens is 1. The second-order valence-electron chi connectivity index (χ2n) is 5.25. The van der Waals surface area contributed by atoms with Crippen molar-refractivity contribution in [3.05, 3.63) is 18.0 Å². The lowest BCUT2D eigenvalue weighted by atomic mass is 10.2. The van der Waals surface area contributed by atoms with Gasteiger partial charge < -0.3 is 19.4 Å². The number of benzene rings is 1. The smallest absolute Gasteiger partial charge is 0.471 e. The quantitative estimate of drug-likeness (QED) is 0.849. The van der Waals surface area contributed by atoms with Crippen molar-refractivity contribution in [3.63, 3.8) is 0 Å². The maximum Gasteiger partial charge on any atom is 0.471 e. The maximum atomic E-state index is 12.4. The van der Waals surface area contributed by atoms with Gasteiger partial charge in [0.15, 0.2) is 11.5 Å². The van der Waals surface area contributed by atoms with Gasteiger partial charge in [-0.15, -0.1) is 0 Å². The van der Waals surface area contributed by atoms with Crippen LogP contribution in [0.4, 0.5) is 18.9 Å². The predicted molar refractivity (Wildman–Crippen MR) is 75.6 cm³/mol. The molecule has 0 spiro atoms. The van der Waals surface area contributed by atoms with Crippen LogP contribution in [0.15, 0.2) is 16.5 Å². The molecule has 7 nitrogen and oxygen atoms in total. The molecule has 2 heterocycles. The molecule has 1 aliphatic heterocycles. The number of fused-ring (bicyclic) bond motifs is 2. The van der Waals surface area contributed by atoms with E-state index in [0.29, 0.717) is 22.7 Å². The Morgan fingerprint density at radius 2 is 2.12 bits per heavy atom. The number of halogens is 3. The molecular weight excluding hydrogens is 331 g/mol. The fourth-order valence-electron chi connectivity index (χ4n) is 2.38. The minimum atomic E-state index is -5.08. The van der Waals surface area contributed by atoms with E-state index in [9.17, 15) is 22.8 Å². The van der Waals surface area contributed by atoms with E-state index in [1.807, 2.05) is 0 Å². The first-order valence-electron chi connectivity index (χ1n) is 6.86. The highest BCUT2D eigenvalue weighted by atomic mass is 19.4. The van der Waals surface area contributed by atoms with Gasteiger partial charge in [0.05, 0.1) is 5.69 Å². The number of likely N-dealkylation sites (N-methyl/N-ethyl adjacent to an activating group) is 1. The van der Waals surface area contributed by atoms with Gasteiger partial charge in [-0.3, -0.25) is 9.59 Å². The SMILES string of the molecule is Cc1nc2cc3c(cc2o1)N(C)C(=O)[C@@H](NC(=O)C(F)(F)F)CO3. The van der Waals surface area contributed by atoms with E-state index in [1.165, 1.54) is 19.2 Å². The van der Waals surface area contributed by atoms with Crippen molar-refractivity contribution < 1.29 is 31.9 Å². The van der Waals surface area contributed by atoms with Crippen LogP contribution in [0, 0.1) is 6.92 Å². The Labute approximate surface area is 133 Å². The van der Waals surface area contributed by atoms with Crippen LogP contribution < -0.4 is 15.0 Å². The Bertz CT molecular complexity index is 831. The van der Waals surface area contributed by atoms with Crippen molar-refractivity contribution in [2.45, 2.75) is 19.1 Å². The summed E-state index contributed by atoms with van der Waals surface area (Å²) in [4.78, 5) is 28.6. The topological polar surface area (TPSA) is 84.7 Å². The average Bonchev–Trinajstić information content (AvgIpc) is 2.81. The van der Waals surface area contributed by atoms with Gasteiger partial charge >= 0.3 is 12.1 Å². The van der Waals surface area contributed by atoms with Gasteiger partial charge in [-0.25, -0.2) is 4.98 Å². The van der Waals surface area contributed by atoms with Crippen molar-refractivity contribution in [2.24, 2.45) is 0 Å². The molecule has 0 bridgehead atoms. The van der Waals surface area contributed by atoms with Crippen molar-refractivity contribution in [1.29, 1.82) is 0 Å². The molecule has 0 unspecified atom stereocenters. The average molecular weight is 343 g/mol. The maximum absolute atomic E-state index is 12.4. The Kier molecular flexibility index (Phi) is 3.61. The number of amides is 2. The fourth-order valence-corrected chi connectivity index (χ4v) is 2.38. The normalized spacial score (nSPS) is 18.1. The standard InChI is InChI=1S/C14H12F3N3O4/c1-6-18-7-3-11-9(4-10(7)24-6)20(2)12(21)8(5-23-11)19-13(22)14(15,16)17/h3-4,8H,5H2,1-2H3,(H,19,22)/t8-/m0/s1. The van der Waals surface area contributed by atoms with Crippen LogP contribution in [-0.4, -0.2) is 42.7 Å². The van der Waals surface area contributed by atoms with Crippen LogP contribution in [0.1, 0.15) is 5.89 Å². The van der Waals surface area contributed by atoms with Gasteiger partial charge in [0, 0.05) is 26.1 Å². The lowest BCUT2D eigenvalue weighted by Crippen LogP contribution is -2.52. The first-order valence-corrected chi connectivity index (χ1v) is 6.86. The molecule has 1 aromatic heterocycles. The van der Waals surface area contributed by atoms with Crippen LogP contribution in [0.3, 0.4) is 0 Å². The molecule has 0 saturated carbocycles. The second-order valence-corrected chi connectivity index (χ2v) is 5.25. The zero-order valence-electron chi connectivity index (χ0n) is 12.6.